The number of aryl methyl sites for hydroxylation is 2. The first kappa shape index (κ1) is 13.5. The van der Waals surface area contributed by atoms with Gasteiger partial charge in [0.1, 0.15) is 6.54 Å². The Bertz CT molecular complexity index is 590. The number of hydrogen-bond donors (Lipinski definition) is 1. The number of amides is 1. The molecule has 0 spiro atoms. The van der Waals surface area contributed by atoms with Crippen LogP contribution in [0.25, 0.3) is 11.0 Å². The summed E-state index contributed by atoms with van der Waals surface area (Å²) in [5.74, 6) is -0.0328. The second-order valence-electron chi connectivity index (χ2n) is 4.64. The van der Waals surface area contributed by atoms with E-state index in [0.29, 0.717) is 13.2 Å². The Balaban J connectivity index is 2.13. The molecule has 0 unspecified atom stereocenters. The van der Waals surface area contributed by atoms with Crippen LogP contribution in [-0.2, 0) is 16.1 Å². The number of carbonyl (C=O) groups is 1. The molecule has 2 rings (SSSR count). The van der Waals surface area contributed by atoms with Gasteiger partial charge in [-0.15, -0.1) is 0 Å². The number of nitrogens with zero attached hydrogens (tertiary/aromatic N) is 2. The molecule has 0 aliphatic heterocycles. The summed E-state index contributed by atoms with van der Waals surface area (Å²) in [5.41, 5.74) is 4.33. The van der Waals surface area contributed by atoms with Crippen LogP contribution in [0, 0.1) is 13.8 Å². The van der Waals surface area contributed by atoms with Crippen molar-refractivity contribution in [3.63, 3.8) is 0 Å². The van der Waals surface area contributed by atoms with Crippen LogP contribution in [0.4, 0.5) is 0 Å². The van der Waals surface area contributed by atoms with Gasteiger partial charge in [-0.1, -0.05) is 0 Å². The number of benzene rings is 1. The molecule has 1 N–H and O–H groups in total. The van der Waals surface area contributed by atoms with Crippen molar-refractivity contribution >= 4 is 16.9 Å². The van der Waals surface area contributed by atoms with E-state index in [1.54, 1.807) is 13.4 Å². The molecule has 0 saturated carbocycles. The van der Waals surface area contributed by atoms with E-state index >= 15 is 0 Å². The maximum Gasteiger partial charge on any atom is 0.240 e. The SMILES string of the molecule is COCCNC(=O)Cn1cnc2cc(C)c(C)cc21. The molecule has 5 heteroatoms. The highest BCUT2D eigenvalue weighted by Gasteiger charge is 2.08. The Morgan fingerprint density at radius 3 is 2.84 bits per heavy atom. The summed E-state index contributed by atoms with van der Waals surface area (Å²) in [6, 6.07) is 4.12. The standard InChI is InChI=1S/C14H19N3O2/c1-10-6-12-13(7-11(10)2)17(9-16-12)8-14(18)15-4-5-19-3/h6-7,9H,4-5,8H2,1-3H3,(H,15,18). The third-order valence-corrected chi connectivity index (χ3v) is 3.18. The largest absolute Gasteiger partial charge is 0.383 e. The molecular formula is C14H19N3O2. The summed E-state index contributed by atoms with van der Waals surface area (Å²) >= 11 is 0. The van der Waals surface area contributed by atoms with E-state index in [9.17, 15) is 4.79 Å². The Kier molecular flexibility index (Phi) is 4.16. The monoisotopic (exact) mass is 261 g/mol. The third-order valence-electron chi connectivity index (χ3n) is 3.18. The average molecular weight is 261 g/mol. The van der Waals surface area contributed by atoms with Gasteiger partial charge in [-0.05, 0) is 37.1 Å². The molecule has 102 valence electrons. The molecule has 1 aromatic carbocycles. The van der Waals surface area contributed by atoms with Crippen molar-refractivity contribution in [3.8, 4) is 0 Å². The van der Waals surface area contributed by atoms with Gasteiger partial charge in [0, 0.05) is 13.7 Å². The van der Waals surface area contributed by atoms with E-state index in [4.69, 9.17) is 4.74 Å². The van der Waals surface area contributed by atoms with Crippen molar-refractivity contribution in [2.45, 2.75) is 20.4 Å². The first-order chi connectivity index (χ1) is 9.11. The van der Waals surface area contributed by atoms with E-state index in [-0.39, 0.29) is 12.5 Å². The van der Waals surface area contributed by atoms with E-state index in [1.165, 1.54) is 11.1 Å². The van der Waals surface area contributed by atoms with Crippen LogP contribution in [0.3, 0.4) is 0 Å². The van der Waals surface area contributed by atoms with E-state index < -0.39 is 0 Å². The predicted octanol–water partition coefficient (Wildman–Crippen LogP) is 1.42. The van der Waals surface area contributed by atoms with Crippen molar-refractivity contribution in [1.29, 1.82) is 0 Å². The molecule has 0 saturated heterocycles. The van der Waals surface area contributed by atoms with Gasteiger partial charge in [0.15, 0.2) is 0 Å². The Labute approximate surface area is 112 Å². The molecule has 1 heterocycles. The summed E-state index contributed by atoms with van der Waals surface area (Å²) in [4.78, 5) is 16.1. The van der Waals surface area contributed by atoms with E-state index in [1.807, 2.05) is 10.6 Å². The van der Waals surface area contributed by atoms with Gasteiger partial charge in [0.05, 0.1) is 24.0 Å². The van der Waals surface area contributed by atoms with Gasteiger partial charge in [0.25, 0.3) is 0 Å². The molecule has 1 aromatic heterocycles. The smallest absolute Gasteiger partial charge is 0.240 e. The lowest BCUT2D eigenvalue weighted by Crippen LogP contribution is -2.30. The number of methoxy groups -OCH3 is 1. The predicted molar refractivity (Wildman–Crippen MR) is 74.1 cm³/mol. The van der Waals surface area contributed by atoms with Gasteiger partial charge in [-0.3, -0.25) is 4.79 Å². The molecule has 19 heavy (non-hydrogen) atoms. The number of imidazole rings is 1. The summed E-state index contributed by atoms with van der Waals surface area (Å²) < 4.78 is 6.76. The second kappa shape index (κ2) is 5.84. The highest BCUT2D eigenvalue weighted by atomic mass is 16.5. The lowest BCUT2D eigenvalue weighted by molar-refractivity contribution is -0.121. The molecule has 0 atom stereocenters. The molecular weight excluding hydrogens is 242 g/mol. The normalized spacial score (nSPS) is 10.9. The van der Waals surface area contributed by atoms with Crippen LogP contribution in [0.1, 0.15) is 11.1 Å². The lowest BCUT2D eigenvalue weighted by Gasteiger charge is -2.07. The maximum absolute atomic E-state index is 11.8. The first-order valence-corrected chi connectivity index (χ1v) is 6.29. The zero-order chi connectivity index (χ0) is 13.8. The van der Waals surface area contributed by atoms with Gasteiger partial charge in [-0.2, -0.15) is 0 Å². The summed E-state index contributed by atoms with van der Waals surface area (Å²) in [6.45, 7) is 5.45. The van der Waals surface area contributed by atoms with Gasteiger partial charge in [0.2, 0.25) is 5.91 Å². The topological polar surface area (TPSA) is 56.1 Å². The van der Waals surface area contributed by atoms with Crippen LogP contribution in [0.2, 0.25) is 0 Å². The number of ether oxygens (including phenoxy) is 1. The van der Waals surface area contributed by atoms with Crippen LogP contribution in [0.5, 0.6) is 0 Å². The fourth-order valence-corrected chi connectivity index (χ4v) is 1.94. The van der Waals surface area contributed by atoms with E-state index in [2.05, 4.69) is 30.2 Å². The number of hydrogen-bond acceptors (Lipinski definition) is 3. The number of nitrogens with one attached hydrogen (secondary N) is 1. The van der Waals surface area contributed by atoms with Crippen molar-refractivity contribution in [2.24, 2.45) is 0 Å². The molecule has 1 amide bonds. The molecule has 2 aromatic rings. The van der Waals surface area contributed by atoms with Crippen molar-refractivity contribution in [3.05, 3.63) is 29.6 Å². The maximum atomic E-state index is 11.8. The molecule has 0 aliphatic rings. The van der Waals surface area contributed by atoms with Crippen LogP contribution >= 0.6 is 0 Å². The van der Waals surface area contributed by atoms with E-state index in [0.717, 1.165) is 11.0 Å². The van der Waals surface area contributed by atoms with Gasteiger partial charge >= 0.3 is 0 Å². The highest BCUT2D eigenvalue weighted by Crippen LogP contribution is 2.18. The fraction of sp³-hybridized carbons (Fsp3) is 0.429. The Hall–Kier alpha value is -1.88. The van der Waals surface area contributed by atoms with Gasteiger partial charge < -0.3 is 14.6 Å². The Morgan fingerprint density at radius 1 is 1.37 bits per heavy atom. The number of fused-ring (bicyclic) bond motifs is 1. The minimum atomic E-state index is -0.0328. The zero-order valence-corrected chi connectivity index (χ0v) is 11.6. The van der Waals surface area contributed by atoms with Crippen LogP contribution in [-0.4, -0.2) is 35.7 Å². The second-order valence-corrected chi connectivity index (χ2v) is 4.64. The fourth-order valence-electron chi connectivity index (χ4n) is 1.94. The van der Waals surface area contributed by atoms with Crippen molar-refractivity contribution in [2.75, 3.05) is 20.3 Å². The van der Waals surface area contributed by atoms with Crippen molar-refractivity contribution in [1.82, 2.24) is 14.9 Å². The average Bonchev–Trinajstić information content (AvgIpc) is 2.73. The lowest BCUT2D eigenvalue weighted by atomic mass is 10.1. The van der Waals surface area contributed by atoms with Crippen LogP contribution in [0.15, 0.2) is 18.5 Å². The van der Waals surface area contributed by atoms with Gasteiger partial charge in [-0.25, -0.2) is 4.98 Å². The molecule has 0 bridgehead atoms. The number of aromatic nitrogens is 2. The summed E-state index contributed by atoms with van der Waals surface area (Å²) in [5, 5.41) is 2.80. The quantitative estimate of drug-likeness (QED) is 0.828. The first-order valence-electron chi connectivity index (χ1n) is 6.29. The molecule has 0 radical (unpaired) electrons. The molecule has 0 aliphatic carbocycles. The zero-order valence-electron chi connectivity index (χ0n) is 11.6. The minimum absolute atomic E-state index is 0.0328. The molecule has 0 fully saturated rings. The highest BCUT2D eigenvalue weighted by molar-refractivity contribution is 5.81. The summed E-state index contributed by atoms with van der Waals surface area (Å²) in [7, 11) is 1.61. The minimum Gasteiger partial charge on any atom is -0.383 e. The van der Waals surface area contributed by atoms with Crippen molar-refractivity contribution < 1.29 is 9.53 Å². The summed E-state index contributed by atoms with van der Waals surface area (Å²) in [6.07, 6.45) is 1.71. The third kappa shape index (κ3) is 3.12. The Morgan fingerprint density at radius 2 is 2.11 bits per heavy atom. The molecule has 5 nitrogen and oxygen atoms in total. The number of carbonyl (C=O) groups excluding carboxylic acids is 1. The van der Waals surface area contributed by atoms with Crippen LogP contribution < -0.4 is 5.32 Å². The number of rotatable bonds is 5.